The molecule has 1 atom stereocenters. The van der Waals surface area contributed by atoms with Gasteiger partial charge in [-0.1, -0.05) is 19.4 Å². The number of rotatable bonds is 7. The van der Waals surface area contributed by atoms with Crippen molar-refractivity contribution in [3.05, 3.63) is 29.8 Å². The molecule has 0 aliphatic heterocycles. The molecule has 0 saturated carbocycles. The lowest BCUT2D eigenvalue weighted by atomic mass is 10.0. The first-order valence-electron chi connectivity index (χ1n) is 6.82. The Morgan fingerprint density at radius 2 is 2.00 bits per heavy atom. The van der Waals surface area contributed by atoms with Crippen LogP contribution in [0.4, 0.5) is 5.69 Å². The Balaban J connectivity index is 2.66. The zero-order valence-corrected chi connectivity index (χ0v) is 12.2. The lowest BCUT2D eigenvalue weighted by molar-refractivity contribution is -0.141. The average molecular weight is 292 g/mol. The van der Waals surface area contributed by atoms with E-state index < -0.39 is 11.9 Å². The lowest BCUT2D eigenvalue weighted by Gasteiger charge is -2.12. The maximum absolute atomic E-state index is 12.0. The van der Waals surface area contributed by atoms with Crippen LogP contribution < -0.4 is 10.6 Å². The van der Waals surface area contributed by atoms with Crippen LogP contribution in [0.5, 0.6) is 0 Å². The number of aliphatic carboxylic acids is 1. The second-order valence-corrected chi connectivity index (χ2v) is 4.80. The predicted octanol–water partition coefficient (Wildman–Crippen LogP) is 1.88. The van der Waals surface area contributed by atoms with Crippen LogP contribution in [0.15, 0.2) is 24.3 Å². The van der Waals surface area contributed by atoms with Crippen molar-refractivity contribution in [2.45, 2.75) is 26.7 Å². The van der Waals surface area contributed by atoms with Gasteiger partial charge in [-0.15, -0.1) is 0 Å². The van der Waals surface area contributed by atoms with Crippen LogP contribution in [0.1, 0.15) is 37.0 Å². The maximum Gasteiger partial charge on any atom is 0.308 e. The Labute approximate surface area is 123 Å². The van der Waals surface area contributed by atoms with E-state index in [1.165, 1.54) is 6.92 Å². The smallest absolute Gasteiger partial charge is 0.308 e. The summed E-state index contributed by atoms with van der Waals surface area (Å²) in [7, 11) is 0. The van der Waals surface area contributed by atoms with Crippen molar-refractivity contribution < 1.29 is 19.5 Å². The minimum atomic E-state index is -0.913. The van der Waals surface area contributed by atoms with E-state index in [9.17, 15) is 14.4 Å². The molecule has 114 valence electrons. The quantitative estimate of drug-likeness (QED) is 0.715. The Morgan fingerprint density at radius 3 is 2.57 bits per heavy atom. The van der Waals surface area contributed by atoms with Crippen molar-refractivity contribution in [2.75, 3.05) is 11.9 Å². The van der Waals surface area contributed by atoms with Crippen LogP contribution >= 0.6 is 0 Å². The summed E-state index contributed by atoms with van der Waals surface area (Å²) in [5.41, 5.74) is 0.903. The molecule has 21 heavy (non-hydrogen) atoms. The molecule has 0 heterocycles. The summed E-state index contributed by atoms with van der Waals surface area (Å²) in [6.07, 6.45) is 1.26. The van der Waals surface area contributed by atoms with Crippen molar-refractivity contribution in [3.8, 4) is 0 Å². The maximum atomic E-state index is 12.0. The highest BCUT2D eigenvalue weighted by molar-refractivity contribution is 5.96. The molecule has 3 N–H and O–H groups in total. The molecule has 0 aliphatic rings. The normalized spacial score (nSPS) is 11.5. The number of amides is 2. The van der Waals surface area contributed by atoms with Crippen LogP contribution in [0.25, 0.3) is 0 Å². The van der Waals surface area contributed by atoms with Crippen LogP contribution in [0.2, 0.25) is 0 Å². The number of benzene rings is 1. The van der Waals surface area contributed by atoms with E-state index >= 15 is 0 Å². The fraction of sp³-hybridized carbons (Fsp3) is 0.400. The number of hydrogen-bond donors (Lipinski definition) is 3. The van der Waals surface area contributed by atoms with E-state index in [0.29, 0.717) is 17.7 Å². The van der Waals surface area contributed by atoms with E-state index in [0.717, 1.165) is 6.42 Å². The molecule has 6 nitrogen and oxygen atoms in total. The second-order valence-electron chi connectivity index (χ2n) is 4.80. The molecule has 1 aromatic rings. The number of carbonyl (C=O) groups is 3. The van der Waals surface area contributed by atoms with Crippen molar-refractivity contribution in [2.24, 2.45) is 5.92 Å². The summed E-state index contributed by atoms with van der Waals surface area (Å²) in [6, 6.07) is 6.48. The minimum absolute atomic E-state index is 0.0897. The average Bonchev–Trinajstić information content (AvgIpc) is 2.42. The fourth-order valence-corrected chi connectivity index (χ4v) is 1.92. The van der Waals surface area contributed by atoms with Crippen molar-refractivity contribution in [3.63, 3.8) is 0 Å². The number of anilines is 1. The third kappa shape index (κ3) is 5.64. The largest absolute Gasteiger partial charge is 0.481 e. The molecule has 0 fully saturated rings. The molecular weight excluding hydrogens is 272 g/mol. The van der Waals surface area contributed by atoms with E-state index in [4.69, 9.17) is 5.11 Å². The summed E-state index contributed by atoms with van der Waals surface area (Å²) in [4.78, 5) is 34.0. The van der Waals surface area contributed by atoms with E-state index in [-0.39, 0.29) is 18.4 Å². The molecule has 1 aromatic carbocycles. The number of carboxylic acids is 1. The van der Waals surface area contributed by atoms with Gasteiger partial charge in [0.1, 0.15) is 0 Å². The van der Waals surface area contributed by atoms with Gasteiger partial charge in [0, 0.05) is 24.7 Å². The van der Waals surface area contributed by atoms with Gasteiger partial charge in [0.25, 0.3) is 5.91 Å². The molecule has 0 bridgehead atoms. The molecular formula is C15H20N2O4. The zero-order chi connectivity index (χ0) is 15.8. The second kappa shape index (κ2) is 8.04. The van der Waals surface area contributed by atoms with E-state index in [1.807, 2.05) is 6.92 Å². The minimum Gasteiger partial charge on any atom is -0.481 e. The summed E-state index contributed by atoms with van der Waals surface area (Å²) in [6.45, 7) is 3.37. The lowest BCUT2D eigenvalue weighted by Crippen LogP contribution is -2.32. The first-order valence-corrected chi connectivity index (χ1v) is 6.82. The number of nitrogens with one attached hydrogen (secondary N) is 2. The van der Waals surface area contributed by atoms with Gasteiger partial charge in [-0.3, -0.25) is 14.4 Å². The van der Waals surface area contributed by atoms with Gasteiger partial charge in [-0.05, 0) is 24.6 Å². The summed E-state index contributed by atoms with van der Waals surface area (Å²) in [5.74, 6) is -2.08. The molecule has 1 rings (SSSR count). The fourth-order valence-electron chi connectivity index (χ4n) is 1.92. The summed E-state index contributed by atoms with van der Waals surface area (Å²) in [5, 5.41) is 14.2. The third-order valence-corrected chi connectivity index (χ3v) is 2.94. The van der Waals surface area contributed by atoms with Crippen molar-refractivity contribution in [1.82, 2.24) is 5.32 Å². The predicted molar refractivity (Wildman–Crippen MR) is 79.1 cm³/mol. The Kier molecular flexibility index (Phi) is 6.39. The van der Waals surface area contributed by atoms with Crippen LogP contribution in [-0.2, 0) is 9.59 Å². The Hall–Kier alpha value is -2.37. The summed E-state index contributed by atoms with van der Waals surface area (Å²) < 4.78 is 0. The van der Waals surface area contributed by atoms with E-state index in [2.05, 4.69) is 10.6 Å². The summed E-state index contributed by atoms with van der Waals surface area (Å²) >= 11 is 0. The van der Waals surface area contributed by atoms with Gasteiger partial charge in [-0.2, -0.15) is 0 Å². The van der Waals surface area contributed by atoms with Gasteiger partial charge >= 0.3 is 5.97 Å². The van der Waals surface area contributed by atoms with Crippen LogP contribution in [-0.4, -0.2) is 29.4 Å². The standard InChI is InChI=1S/C15H20N2O4/c1-3-5-12(15(20)21)9-16-14(19)11-6-4-7-13(8-11)17-10(2)18/h4,6-8,12H,3,5,9H2,1-2H3,(H,16,19)(H,17,18)(H,20,21). The first-order chi connectivity index (χ1) is 9.93. The van der Waals surface area contributed by atoms with Gasteiger partial charge in [-0.25, -0.2) is 0 Å². The highest BCUT2D eigenvalue weighted by atomic mass is 16.4. The molecule has 0 radical (unpaired) electrons. The van der Waals surface area contributed by atoms with Crippen LogP contribution in [0, 0.1) is 5.92 Å². The molecule has 2 amide bonds. The number of carboxylic acid groups (broad SMARTS) is 1. The van der Waals surface area contributed by atoms with Gasteiger partial charge in [0.05, 0.1) is 5.92 Å². The molecule has 0 aromatic heterocycles. The van der Waals surface area contributed by atoms with Crippen molar-refractivity contribution >= 4 is 23.5 Å². The van der Waals surface area contributed by atoms with Crippen molar-refractivity contribution in [1.29, 1.82) is 0 Å². The van der Waals surface area contributed by atoms with E-state index in [1.54, 1.807) is 24.3 Å². The number of carbonyl (C=O) groups excluding carboxylic acids is 2. The topological polar surface area (TPSA) is 95.5 Å². The molecule has 0 spiro atoms. The molecule has 1 unspecified atom stereocenters. The molecule has 0 saturated heterocycles. The van der Waals surface area contributed by atoms with Gasteiger partial charge in [0.2, 0.25) is 5.91 Å². The SMILES string of the molecule is CCCC(CNC(=O)c1cccc(NC(C)=O)c1)C(=O)O. The highest BCUT2D eigenvalue weighted by Crippen LogP contribution is 2.11. The third-order valence-electron chi connectivity index (χ3n) is 2.94. The zero-order valence-electron chi connectivity index (χ0n) is 12.2. The number of hydrogen-bond acceptors (Lipinski definition) is 3. The Morgan fingerprint density at radius 1 is 1.29 bits per heavy atom. The monoisotopic (exact) mass is 292 g/mol. The first kappa shape index (κ1) is 16.7. The van der Waals surface area contributed by atoms with Gasteiger partial charge in [0.15, 0.2) is 0 Å². The Bertz CT molecular complexity index is 528. The van der Waals surface area contributed by atoms with Crippen LogP contribution in [0.3, 0.4) is 0 Å². The molecule has 6 heteroatoms. The highest BCUT2D eigenvalue weighted by Gasteiger charge is 2.17. The van der Waals surface area contributed by atoms with Gasteiger partial charge < -0.3 is 15.7 Å². The molecule has 0 aliphatic carbocycles.